The fraction of sp³-hybridized carbons (Fsp3) is 1.00. The van der Waals surface area contributed by atoms with Crippen molar-refractivity contribution >= 4 is 0 Å². The van der Waals surface area contributed by atoms with Gasteiger partial charge in [0, 0.05) is 6.04 Å². The Kier molecular flexibility index (Phi) is 7.87. The second kappa shape index (κ2) is 8.93. The van der Waals surface area contributed by atoms with Crippen molar-refractivity contribution in [2.45, 2.75) is 64.8 Å². The lowest BCUT2D eigenvalue weighted by atomic mass is 10.1. The van der Waals surface area contributed by atoms with Crippen molar-refractivity contribution in [1.82, 2.24) is 10.2 Å². The molecule has 1 aliphatic rings. The third-order valence-electron chi connectivity index (χ3n) is 3.57. The van der Waals surface area contributed by atoms with E-state index >= 15 is 0 Å². The van der Waals surface area contributed by atoms with Crippen LogP contribution >= 0.6 is 0 Å². The highest BCUT2D eigenvalue weighted by Gasteiger charge is 2.19. The molecule has 0 radical (unpaired) electrons. The highest BCUT2D eigenvalue weighted by molar-refractivity contribution is 4.80. The molecule has 0 atom stereocenters. The molecule has 0 spiro atoms. The molecule has 102 valence electrons. The molecule has 2 heteroatoms. The van der Waals surface area contributed by atoms with Gasteiger partial charge in [-0.3, -0.25) is 0 Å². The largest absolute Gasteiger partial charge is 0.314 e. The minimum Gasteiger partial charge on any atom is -0.314 e. The van der Waals surface area contributed by atoms with Crippen LogP contribution in [-0.2, 0) is 0 Å². The molecule has 1 fully saturated rings. The summed E-state index contributed by atoms with van der Waals surface area (Å²) in [7, 11) is 2.26. The average Bonchev–Trinajstić information content (AvgIpc) is 3.09. The first-order chi connectivity index (χ1) is 8.18. The molecule has 1 N–H and O–H groups in total. The molecule has 1 aliphatic carbocycles. The van der Waals surface area contributed by atoms with Crippen molar-refractivity contribution in [1.29, 1.82) is 0 Å². The van der Waals surface area contributed by atoms with Crippen LogP contribution in [0.2, 0.25) is 0 Å². The van der Waals surface area contributed by atoms with Crippen molar-refractivity contribution < 1.29 is 0 Å². The maximum absolute atomic E-state index is 3.58. The third-order valence-corrected chi connectivity index (χ3v) is 3.57. The fourth-order valence-electron chi connectivity index (χ4n) is 2.04. The molecular formula is C15H32N2. The van der Waals surface area contributed by atoms with Gasteiger partial charge < -0.3 is 10.2 Å². The Morgan fingerprint density at radius 3 is 2.41 bits per heavy atom. The summed E-state index contributed by atoms with van der Waals surface area (Å²) in [5.74, 6) is 0.839. The molecule has 0 aromatic rings. The number of unbranched alkanes of at least 4 members (excludes halogenated alkanes) is 3. The fourth-order valence-corrected chi connectivity index (χ4v) is 2.04. The van der Waals surface area contributed by atoms with E-state index in [4.69, 9.17) is 0 Å². The molecule has 0 unspecified atom stereocenters. The minimum absolute atomic E-state index is 0.839. The maximum atomic E-state index is 3.58. The summed E-state index contributed by atoms with van der Waals surface area (Å²) in [6.07, 6.45) is 9.71. The number of hydrogen-bond acceptors (Lipinski definition) is 2. The van der Waals surface area contributed by atoms with E-state index in [1.54, 1.807) is 0 Å². The van der Waals surface area contributed by atoms with Crippen LogP contribution in [0.25, 0.3) is 0 Å². The van der Waals surface area contributed by atoms with Crippen LogP contribution in [0, 0.1) is 5.92 Å². The summed E-state index contributed by atoms with van der Waals surface area (Å²) in [5, 5.41) is 3.58. The first-order valence-electron chi connectivity index (χ1n) is 7.60. The van der Waals surface area contributed by atoms with Crippen LogP contribution in [0.4, 0.5) is 0 Å². The second-order valence-electron chi connectivity index (χ2n) is 6.13. The van der Waals surface area contributed by atoms with Crippen molar-refractivity contribution in [3.8, 4) is 0 Å². The summed E-state index contributed by atoms with van der Waals surface area (Å²) >= 11 is 0. The molecule has 1 saturated carbocycles. The summed E-state index contributed by atoms with van der Waals surface area (Å²) < 4.78 is 0. The van der Waals surface area contributed by atoms with E-state index in [-0.39, 0.29) is 0 Å². The Hall–Kier alpha value is -0.0800. The molecule has 0 aliphatic heterocycles. The van der Waals surface area contributed by atoms with Crippen LogP contribution < -0.4 is 5.32 Å². The molecule has 0 aromatic carbocycles. The molecule has 0 heterocycles. The van der Waals surface area contributed by atoms with Crippen LogP contribution in [0.5, 0.6) is 0 Å². The van der Waals surface area contributed by atoms with Gasteiger partial charge in [0.15, 0.2) is 0 Å². The van der Waals surface area contributed by atoms with Gasteiger partial charge in [-0.05, 0) is 64.7 Å². The van der Waals surface area contributed by atoms with Gasteiger partial charge in [0.1, 0.15) is 0 Å². The number of nitrogens with one attached hydrogen (secondary N) is 1. The van der Waals surface area contributed by atoms with Gasteiger partial charge in [-0.15, -0.1) is 0 Å². The van der Waals surface area contributed by atoms with Crippen LogP contribution in [0.15, 0.2) is 0 Å². The van der Waals surface area contributed by atoms with Crippen molar-refractivity contribution in [3.05, 3.63) is 0 Å². The Bertz CT molecular complexity index is 176. The zero-order valence-corrected chi connectivity index (χ0v) is 12.2. The maximum Gasteiger partial charge on any atom is 0.00682 e. The number of rotatable bonds is 11. The molecular weight excluding hydrogens is 208 g/mol. The molecule has 0 bridgehead atoms. The zero-order valence-electron chi connectivity index (χ0n) is 12.2. The lowest BCUT2D eigenvalue weighted by Gasteiger charge is -2.17. The third kappa shape index (κ3) is 9.61. The van der Waals surface area contributed by atoms with Gasteiger partial charge in [-0.2, -0.15) is 0 Å². The zero-order chi connectivity index (χ0) is 12.5. The van der Waals surface area contributed by atoms with Crippen LogP contribution in [-0.4, -0.2) is 37.6 Å². The van der Waals surface area contributed by atoms with Crippen LogP contribution in [0.1, 0.15) is 58.8 Å². The van der Waals surface area contributed by atoms with Crippen molar-refractivity contribution in [2.75, 3.05) is 26.7 Å². The average molecular weight is 240 g/mol. The van der Waals surface area contributed by atoms with E-state index in [2.05, 4.69) is 31.1 Å². The van der Waals surface area contributed by atoms with E-state index in [1.807, 2.05) is 0 Å². The second-order valence-corrected chi connectivity index (χ2v) is 6.13. The first-order valence-corrected chi connectivity index (χ1v) is 7.60. The van der Waals surface area contributed by atoms with E-state index < -0.39 is 0 Å². The summed E-state index contributed by atoms with van der Waals surface area (Å²) in [6, 6.07) is 0.886. The minimum atomic E-state index is 0.839. The number of hydrogen-bond donors (Lipinski definition) is 1. The summed E-state index contributed by atoms with van der Waals surface area (Å²) in [5.41, 5.74) is 0. The standard InChI is InChI=1S/C15H32N2/c1-14(2)10-13-17(3)12-7-5-4-6-11-16-15-8-9-15/h14-16H,4-13H2,1-3H3. The molecule has 17 heavy (non-hydrogen) atoms. The SMILES string of the molecule is CC(C)CCN(C)CCCCCCNC1CC1. The van der Waals surface area contributed by atoms with Gasteiger partial charge >= 0.3 is 0 Å². The smallest absolute Gasteiger partial charge is 0.00682 e. The normalized spacial score (nSPS) is 16.1. The van der Waals surface area contributed by atoms with Gasteiger partial charge in [-0.1, -0.05) is 26.7 Å². The Labute approximate surface area is 108 Å². The molecule has 2 nitrogen and oxygen atoms in total. The topological polar surface area (TPSA) is 15.3 Å². The monoisotopic (exact) mass is 240 g/mol. The highest BCUT2D eigenvalue weighted by atomic mass is 15.1. The van der Waals surface area contributed by atoms with Crippen LogP contribution in [0.3, 0.4) is 0 Å². The molecule has 0 aromatic heterocycles. The lowest BCUT2D eigenvalue weighted by Crippen LogP contribution is -2.22. The summed E-state index contributed by atoms with van der Waals surface area (Å²) in [6.45, 7) is 8.40. The Morgan fingerprint density at radius 2 is 1.76 bits per heavy atom. The Morgan fingerprint density at radius 1 is 1.06 bits per heavy atom. The van der Waals surface area contributed by atoms with E-state index in [9.17, 15) is 0 Å². The van der Waals surface area contributed by atoms with Gasteiger partial charge in [0.05, 0.1) is 0 Å². The Balaban J connectivity index is 1.75. The highest BCUT2D eigenvalue weighted by Crippen LogP contribution is 2.18. The first kappa shape index (κ1) is 15.0. The predicted molar refractivity (Wildman–Crippen MR) is 76.4 cm³/mol. The molecule has 1 rings (SSSR count). The lowest BCUT2D eigenvalue weighted by molar-refractivity contribution is 0.302. The molecule has 0 amide bonds. The van der Waals surface area contributed by atoms with Crippen molar-refractivity contribution in [3.63, 3.8) is 0 Å². The van der Waals surface area contributed by atoms with Gasteiger partial charge in [0.2, 0.25) is 0 Å². The summed E-state index contributed by atoms with van der Waals surface area (Å²) in [4.78, 5) is 2.49. The van der Waals surface area contributed by atoms with E-state index in [0.29, 0.717) is 0 Å². The predicted octanol–water partition coefficient (Wildman–Crippen LogP) is 3.28. The van der Waals surface area contributed by atoms with Gasteiger partial charge in [-0.25, -0.2) is 0 Å². The van der Waals surface area contributed by atoms with E-state index in [1.165, 1.54) is 64.6 Å². The quantitative estimate of drug-likeness (QED) is 0.558. The van der Waals surface area contributed by atoms with Gasteiger partial charge in [0.25, 0.3) is 0 Å². The molecule has 0 saturated heterocycles. The van der Waals surface area contributed by atoms with Crippen molar-refractivity contribution in [2.24, 2.45) is 5.92 Å². The van der Waals surface area contributed by atoms with E-state index in [0.717, 1.165) is 12.0 Å². The number of nitrogens with zero attached hydrogens (tertiary/aromatic N) is 1.